The Balaban J connectivity index is 2.51. The molecule has 0 N–H and O–H groups in total. The molecule has 0 aliphatic heterocycles. The minimum absolute atomic E-state index is 0.0989. The number of hydrogen-bond acceptors (Lipinski definition) is 3. The first kappa shape index (κ1) is 13.2. The van der Waals surface area contributed by atoms with Crippen molar-refractivity contribution in [1.82, 2.24) is 15.0 Å². The molecule has 2 aromatic rings. The van der Waals surface area contributed by atoms with Gasteiger partial charge in [-0.05, 0) is 18.2 Å². The van der Waals surface area contributed by atoms with Gasteiger partial charge in [0.1, 0.15) is 11.5 Å². The summed E-state index contributed by atoms with van der Waals surface area (Å²) in [5, 5.41) is 6.88. The minimum Gasteiger partial charge on any atom is -0.287 e. The fraction of sp³-hybridized carbons (Fsp3) is 0.182. The Morgan fingerprint density at radius 3 is 2.53 bits per heavy atom. The van der Waals surface area contributed by atoms with Gasteiger partial charge < -0.3 is 0 Å². The van der Waals surface area contributed by atoms with Crippen LogP contribution in [-0.4, -0.2) is 20.8 Å². The van der Waals surface area contributed by atoms with E-state index in [-0.39, 0.29) is 5.69 Å². The van der Waals surface area contributed by atoms with Gasteiger partial charge in [-0.1, -0.05) is 5.21 Å². The summed E-state index contributed by atoms with van der Waals surface area (Å²) in [7, 11) is 1.38. The molecule has 100 valence electrons. The van der Waals surface area contributed by atoms with Crippen molar-refractivity contribution in [3.05, 3.63) is 47.0 Å². The average molecular weight is 273 g/mol. The van der Waals surface area contributed by atoms with Crippen LogP contribution in [0, 0.1) is 5.82 Å². The smallest absolute Gasteiger partial charge is 0.287 e. The summed E-state index contributed by atoms with van der Waals surface area (Å²) in [5.41, 5.74) is -1.86. The van der Waals surface area contributed by atoms with Crippen LogP contribution in [0.4, 0.5) is 17.6 Å². The number of benzene rings is 1. The maximum absolute atomic E-state index is 13.5. The summed E-state index contributed by atoms with van der Waals surface area (Å²) in [6, 6.07) is 1.66. The molecule has 0 spiro atoms. The van der Waals surface area contributed by atoms with Gasteiger partial charge in [0.2, 0.25) is 5.78 Å². The highest BCUT2D eigenvalue weighted by atomic mass is 19.4. The fourth-order valence-electron chi connectivity index (χ4n) is 1.51. The molecule has 0 amide bonds. The second-order valence-electron chi connectivity index (χ2n) is 3.76. The molecule has 0 fully saturated rings. The van der Waals surface area contributed by atoms with Crippen LogP contribution >= 0.6 is 0 Å². The van der Waals surface area contributed by atoms with Crippen LogP contribution in [-0.2, 0) is 13.2 Å². The highest BCUT2D eigenvalue weighted by molar-refractivity contribution is 6.07. The highest BCUT2D eigenvalue weighted by Crippen LogP contribution is 2.30. The zero-order chi connectivity index (χ0) is 14.2. The lowest BCUT2D eigenvalue weighted by atomic mass is 10.0. The fourth-order valence-corrected chi connectivity index (χ4v) is 1.51. The molecule has 0 unspecified atom stereocenters. The zero-order valence-corrected chi connectivity index (χ0v) is 9.57. The highest BCUT2D eigenvalue weighted by Gasteiger charge is 2.32. The summed E-state index contributed by atoms with van der Waals surface area (Å²) in [4.78, 5) is 11.9. The molecule has 1 heterocycles. The molecule has 8 heteroatoms. The number of carbonyl (C=O) groups excluding carboxylic acids is 1. The van der Waals surface area contributed by atoms with Gasteiger partial charge in [0.25, 0.3) is 0 Å². The van der Waals surface area contributed by atoms with E-state index in [1.54, 1.807) is 0 Å². The first-order chi connectivity index (χ1) is 8.80. The van der Waals surface area contributed by atoms with Crippen molar-refractivity contribution in [3.63, 3.8) is 0 Å². The number of rotatable bonds is 2. The Labute approximate surface area is 104 Å². The molecule has 0 bridgehead atoms. The van der Waals surface area contributed by atoms with Crippen LogP contribution in [0.3, 0.4) is 0 Å². The molecule has 2 rings (SSSR count). The Morgan fingerprint density at radius 1 is 1.32 bits per heavy atom. The summed E-state index contributed by atoms with van der Waals surface area (Å²) < 4.78 is 52.1. The van der Waals surface area contributed by atoms with E-state index >= 15 is 0 Å². The van der Waals surface area contributed by atoms with Gasteiger partial charge in [-0.15, -0.1) is 5.10 Å². The van der Waals surface area contributed by atoms with Crippen LogP contribution < -0.4 is 0 Å². The van der Waals surface area contributed by atoms with E-state index in [9.17, 15) is 22.4 Å². The Hall–Kier alpha value is -2.25. The van der Waals surface area contributed by atoms with Crippen molar-refractivity contribution >= 4 is 5.78 Å². The number of carbonyl (C=O) groups is 1. The molecule has 0 aliphatic rings. The van der Waals surface area contributed by atoms with Crippen LogP contribution in [0.2, 0.25) is 0 Å². The second-order valence-corrected chi connectivity index (χ2v) is 3.76. The van der Waals surface area contributed by atoms with Crippen molar-refractivity contribution < 1.29 is 22.4 Å². The zero-order valence-electron chi connectivity index (χ0n) is 9.57. The van der Waals surface area contributed by atoms with Crippen LogP contribution in [0.25, 0.3) is 0 Å². The number of aromatic nitrogens is 3. The van der Waals surface area contributed by atoms with Gasteiger partial charge in [-0.2, -0.15) is 13.2 Å². The van der Waals surface area contributed by atoms with Gasteiger partial charge in [-0.25, -0.2) is 9.07 Å². The van der Waals surface area contributed by atoms with Gasteiger partial charge in [0, 0.05) is 7.05 Å². The SMILES string of the molecule is Cn1nncc1C(=O)c1cc(C(F)(F)F)ccc1F. The number of ketones is 1. The van der Waals surface area contributed by atoms with Gasteiger partial charge >= 0.3 is 6.18 Å². The maximum Gasteiger partial charge on any atom is 0.416 e. The molecule has 0 radical (unpaired) electrons. The average Bonchev–Trinajstić information content (AvgIpc) is 2.73. The van der Waals surface area contributed by atoms with Crippen molar-refractivity contribution in [1.29, 1.82) is 0 Å². The molecule has 19 heavy (non-hydrogen) atoms. The largest absolute Gasteiger partial charge is 0.416 e. The van der Waals surface area contributed by atoms with Crippen LogP contribution in [0.5, 0.6) is 0 Å². The lowest BCUT2D eigenvalue weighted by molar-refractivity contribution is -0.137. The quantitative estimate of drug-likeness (QED) is 0.622. The number of halogens is 4. The molecule has 0 aliphatic carbocycles. The van der Waals surface area contributed by atoms with Crippen LogP contribution in [0.1, 0.15) is 21.6 Å². The van der Waals surface area contributed by atoms with E-state index in [0.717, 1.165) is 10.9 Å². The summed E-state index contributed by atoms with van der Waals surface area (Å²) >= 11 is 0. The van der Waals surface area contributed by atoms with Gasteiger partial charge in [-0.3, -0.25) is 4.79 Å². The molecular formula is C11H7F4N3O. The van der Waals surface area contributed by atoms with E-state index in [1.165, 1.54) is 7.05 Å². The summed E-state index contributed by atoms with van der Waals surface area (Å²) in [5.74, 6) is -1.93. The molecule has 1 aromatic heterocycles. The Bertz CT molecular complexity index is 633. The third kappa shape index (κ3) is 2.47. The van der Waals surface area contributed by atoms with E-state index in [1.807, 2.05) is 0 Å². The van der Waals surface area contributed by atoms with Gasteiger partial charge in [0.05, 0.1) is 17.3 Å². The Morgan fingerprint density at radius 2 is 2.00 bits per heavy atom. The van der Waals surface area contributed by atoms with Crippen molar-refractivity contribution in [2.75, 3.05) is 0 Å². The van der Waals surface area contributed by atoms with Crippen molar-refractivity contribution in [3.8, 4) is 0 Å². The molecule has 0 atom stereocenters. The van der Waals surface area contributed by atoms with E-state index < -0.39 is 28.9 Å². The van der Waals surface area contributed by atoms with Gasteiger partial charge in [0.15, 0.2) is 0 Å². The number of hydrogen-bond donors (Lipinski definition) is 0. The normalized spacial score (nSPS) is 11.6. The lowest BCUT2D eigenvalue weighted by Crippen LogP contribution is -2.13. The molecule has 1 aromatic carbocycles. The Kier molecular flexibility index (Phi) is 3.09. The van der Waals surface area contributed by atoms with Crippen molar-refractivity contribution in [2.24, 2.45) is 7.05 Å². The summed E-state index contributed by atoms with van der Waals surface area (Å²) in [6.45, 7) is 0. The molecule has 0 saturated carbocycles. The predicted octanol–water partition coefficient (Wildman–Crippen LogP) is 2.20. The van der Waals surface area contributed by atoms with Crippen molar-refractivity contribution in [2.45, 2.75) is 6.18 Å². The third-order valence-electron chi connectivity index (χ3n) is 2.49. The number of alkyl halides is 3. The predicted molar refractivity (Wildman–Crippen MR) is 55.8 cm³/mol. The monoisotopic (exact) mass is 273 g/mol. The molecular weight excluding hydrogens is 266 g/mol. The lowest BCUT2D eigenvalue weighted by Gasteiger charge is -2.09. The van der Waals surface area contributed by atoms with E-state index in [0.29, 0.717) is 18.2 Å². The summed E-state index contributed by atoms with van der Waals surface area (Å²) in [6.07, 6.45) is -3.59. The van der Waals surface area contributed by atoms with E-state index in [4.69, 9.17) is 0 Å². The van der Waals surface area contributed by atoms with Crippen LogP contribution in [0.15, 0.2) is 24.4 Å². The maximum atomic E-state index is 13.5. The number of nitrogens with zero attached hydrogens (tertiary/aromatic N) is 3. The van der Waals surface area contributed by atoms with E-state index in [2.05, 4.69) is 10.3 Å². The standard InChI is InChI=1S/C11H7F4N3O/c1-18-9(5-16-17-18)10(19)7-4-6(11(13,14)15)2-3-8(7)12/h2-5H,1H3. The molecule has 4 nitrogen and oxygen atoms in total. The topological polar surface area (TPSA) is 47.8 Å². The first-order valence-electron chi connectivity index (χ1n) is 5.07. The minimum atomic E-state index is -4.65. The first-order valence-corrected chi connectivity index (χ1v) is 5.07. The molecule has 0 saturated heterocycles. The second kappa shape index (κ2) is 4.45. The third-order valence-corrected chi connectivity index (χ3v) is 2.49. The number of aryl methyl sites for hydroxylation is 1.